The molecule has 0 unspecified atom stereocenters. The van der Waals surface area contributed by atoms with Crippen LogP contribution in [0, 0.1) is 12.8 Å². The lowest BCUT2D eigenvalue weighted by molar-refractivity contribution is 0.156. The second-order valence-corrected chi connectivity index (χ2v) is 6.29. The molecule has 3 N–H and O–H groups in total. The molecule has 3 rings (SSSR count). The fourth-order valence-electron chi connectivity index (χ4n) is 3.17. The first kappa shape index (κ1) is 16.5. The van der Waals surface area contributed by atoms with Crippen LogP contribution in [0.25, 0.3) is 11.5 Å². The summed E-state index contributed by atoms with van der Waals surface area (Å²) in [4.78, 5) is 16.4. The van der Waals surface area contributed by atoms with E-state index >= 15 is 0 Å². The largest absolute Gasteiger partial charge is 0.441 e. The lowest BCUT2D eigenvalue weighted by Gasteiger charge is -2.30. The van der Waals surface area contributed by atoms with Gasteiger partial charge in [-0.15, -0.1) is 0 Å². The van der Waals surface area contributed by atoms with Gasteiger partial charge in [0.25, 0.3) is 0 Å². The van der Waals surface area contributed by atoms with E-state index in [9.17, 15) is 9.90 Å². The number of oxazole rings is 1. The van der Waals surface area contributed by atoms with E-state index in [1.54, 1.807) is 6.20 Å². The van der Waals surface area contributed by atoms with Crippen LogP contribution in [0.3, 0.4) is 0 Å². The van der Waals surface area contributed by atoms with Gasteiger partial charge in [-0.1, -0.05) is 18.9 Å². The van der Waals surface area contributed by atoms with Crippen molar-refractivity contribution < 1.29 is 14.3 Å². The van der Waals surface area contributed by atoms with Crippen LogP contribution < -0.4 is 10.6 Å². The predicted octanol–water partition coefficient (Wildman–Crippen LogP) is 3.32. The number of amides is 2. The van der Waals surface area contributed by atoms with Gasteiger partial charge in [-0.2, -0.15) is 0 Å². The third-order valence-corrected chi connectivity index (χ3v) is 4.45. The fraction of sp³-hybridized carbons (Fsp3) is 0.444. The Labute approximate surface area is 141 Å². The number of rotatable bonds is 4. The first-order valence-electron chi connectivity index (χ1n) is 8.37. The number of nitrogens with one attached hydrogen (secondary N) is 2. The molecule has 0 saturated heterocycles. The second kappa shape index (κ2) is 7.49. The highest BCUT2D eigenvalue weighted by Gasteiger charge is 2.25. The lowest BCUT2D eigenvalue weighted by atomic mass is 9.85. The van der Waals surface area contributed by atoms with Gasteiger partial charge in [0, 0.05) is 29.8 Å². The molecular formula is C18H23N3O3. The molecule has 2 aromatic rings. The Kier molecular flexibility index (Phi) is 5.15. The van der Waals surface area contributed by atoms with Gasteiger partial charge in [0.1, 0.15) is 5.76 Å². The van der Waals surface area contributed by atoms with E-state index in [1.165, 1.54) is 0 Å². The van der Waals surface area contributed by atoms with Crippen LogP contribution in [0.4, 0.5) is 10.5 Å². The summed E-state index contributed by atoms with van der Waals surface area (Å²) in [6.07, 6.45) is 5.73. The quantitative estimate of drug-likeness (QED) is 0.803. The van der Waals surface area contributed by atoms with Crippen LogP contribution in [-0.2, 0) is 0 Å². The maximum Gasteiger partial charge on any atom is 0.319 e. The molecule has 1 saturated carbocycles. The Bertz CT molecular complexity index is 698. The van der Waals surface area contributed by atoms with Crippen molar-refractivity contribution in [2.45, 2.75) is 38.6 Å². The molecule has 0 bridgehead atoms. The van der Waals surface area contributed by atoms with Gasteiger partial charge in [-0.05, 0) is 38.0 Å². The summed E-state index contributed by atoms with van der Waals surface area (Å²) in [5, 5.41) is 15.3. The Morgan fingerprint density at radius 1 is 1.38 bits per heavy atom. The summed E-state index contributed by atoms with van der Waals surface area (Å²) in [5.41, 5.74) is 1.49. The first-order valence-corrected chi connectivity index (χ1v) is 8.37. The maximum atomic E-state index is 12.3. The molecule has 0 radical (unpaired) electrons. The molecule has 1 aromatic carbocycles. The average molecular weight is 329 g/mol. The molecule has 1 aromatic heterocycles. The molecule has 128 valence electrons. The highest BCUT2D eigenvalue weighted by Crippen LogP contribution is 2.25. The van der Waals surface area contributed by atoms with Crippen molar-refractivity contribution in [2.24, 2.45) is 5.92 Å². The molecule has 6 nitrogen and oxygen atoms in total. The van der Waals surface area contributed by atoms with E-state index in [2.05, 4.69) is 15.6 Å². The van der Waals surface area contributed by atoms with Gasteiger partial charge in [0.2, 0.25) is 5.89 Å². The zero-order chi connectivity index (χ0) is 16.9. The van der Waals surface area contributed by atoms with Crippen LogP contribution in [0.5, 0.6) is 0 Å². The monoisotopic (exact) mass is 329 g/mol. The molecular weight excluding hydrogens is 306 g/mol. The Balaban J connectivity index is 1.64. The highest BCUT2D eigenvalue weighted by atomic mass is 16.4. The molecule has 1 aliphatic carbocycles. The number of carbonyl (C=O) groups is 1. The number of aromatic nitrogens is 1. The van der Waals surface area contributed by atoms with Crippen molar-refractivity contribution in [1.29, 1.82) is 0 Å². The van der Waals surface area contributed by atoms with Crippen molar-refractivity contribution in [1.82, 2.24) is 10.3 Å². The minimum atomic E-state index is -0.249. The number of aliphatic hydroxyl groups is 1. The molecule has 6 heteroatoms. The number of hydrogen-bond donors (Lipinski definition) is 3. The van der Waals surface area contributed by atoms with Crippen molar-refractivity contribution >= 4 is 11.7 Å². The third kappa shape index (κ3) is 3.94. The van der Waals surface area contributed by atoms with Crippen molar-refractivity contribution in [3.05, 3.63) is 36.2 Å². The molecule has 0 spiro atoms. The fourth-order valence-corrected chi connectivity index (χ4v) is 3.17. The molecule has 1 aliphatic rings. The van der Waals surface area contributed by atoms with E-state index in [-0.39, 0.29) is 24.6 Å². The van der Waals surface area contributed by atoms with Crippen LogP contribution >= 0.6 is 0 Å². The summed E-state index contributed by atoms with van der Waals surface area (Å²) in [7, 11) is 0. The van der Waals surface area contributed by atoms with E-state index in [0.29, 0.717) is 11.6 Å². The van der Waals surface area contributed by atoms with Gasteiger partial charge in [-0.25, -0.2) is 9.78 Å². The van der Waals surface area contributed by atoms with E-state index in [0.717, 1.165) is 37.0 Å². The summed E-state index contributed by atoms with van der Waals surface area (Å²) in [5.74, 6) is 1.42. The zero-order valence-corrected chi connectivity index (χ0v) is 13.8. The summed E-state index contributed by atoms with van der Waals surface area (Å²) < 4.78 is 5.51. The summed E-state index contributed by atoms with van der Waals surface area (Å²) >= 11 is 0. The average Bonchev–Trinajstić information content (AvgIpc) is 3.02. The zero-order valence-electron chi connectivity index (χ0n) is 13.8. The lowest BCUT2D eigenvalue weighted by Crippen LogP contribution is -2.45. The standard InChI is InChI=1S/C18H23N3O3/c1-12-10-19-17(24-12)13-6-4-7-15(9-13)20-18(23)21-16-8-3-2-5-14(16)11-22/h4,6-7,9-10,14,16,22H,2-3,5,8,11H2,1H3,(H2,20,21,23)/t14-,16+/m0/s1. The maximum absolute atomic E-state index is 12.3. The van der Waals surface area contributed by atoms with Gasteiger partial charge < -0.3 is 20.2 Å². The van der Waals surface area contributed by atoms with E-state index in [1.807, 2.05) is 31.2 Å². The number of anilines is 1. The Morgan fingerprint density at radius 3 is 2.96 bits per heavy atom. The molecule has 1 heterocycles. The van der Waals surface area contributed by atoms with Crippen LogP contribution in [0.2, 0.25) is 0 Å². The Morgan fingerprint density at radius 2 is 2.21 bits per heavy atom. The molecule has 0 aliphatic heterocycles. The number of aryl methyl sites for hydroxylation is 1. The van der Waals surface area contributed by atoms with Gasteiger partial charge in [-0.3, -0.25) is 0 Å². The topological polar surface area (TPSA) is 87.4 Å². The Hall–Kier alpha value is -2.34. The molecule has 24 heavy (non-hydrogen) atoms. The SMILES string of the molecule is Cc1cnc(-c2cccc(NC(=O)N[C@@H]3CCCC[C@H]3CO)c2)o1. The van der Waals surface area contributed by atoms with Crippen LogP contribution in [-0.4, -0.2) is 28.8 Å². The minimum absolute atomic E-state index is 0.0290. The van der Waals surface area contributed by atoms with Crippen LogP contribution in [0.1, 0.15) is 31.4 Å². The number of aliphatic hydroxyl groups excluding tert-OH is 1. The van der Waals surface area contributed by atoms with Gasteiger partial charge >= 0.3 is 6.03 Å². The number of benzene rings is 1. The van der Waals surface area contributed by atoms with Crippen molar-refractivity contribution in [3.8, 4) is 11.5 Å². The third-order valence-electron chi connectivity index (χ3n) is 4.45. The van der Waals surface area contributed by atoms with Crippen LogP contribution in [0.15, 0.2) is 34.9 Å². The normalized spacial score (nSPS) is 20.6. The van der Waals surface area contributed by atoms with Crippen molar-refractivity contribution in [2.75, 3.05) is 11.9 Å². The van der Waals surface area contributed by atoms with Crippen molar-refractivity contribution in [3.63, 3.8) is 0 Å². The molecule has 2 atom stereocenters. The number of urea groups is 1. The molecule has 1 fully saturated rings. The highest BCUT2D eigenvalue weighted by molar-refractivity contribution is 5.90. The smallest absolute Gasteiger partial charge is 0.319 e. The van der Waals surface area contributed by atoms with E-state index < -0.39 is 0 Å². The molecule has 2 amide bonds. The number of nitrogens with zero attached hydrogens (tertiary/aromatic N) is 1. The second-order valence-electron chi connectivity index (χ2n) is 6.29. The van der Waals surface area contributed by atoms with Gasteiger partial charge in [0.05, 0.1) is 6.20 Å². The summed E-state index contributed by atoms with van der Waals surface area (Å²) in [6, 6.07) is 7.17. The van der Waals surface area contributed by atoms with Gasteiger partial charge in [0.15, 0.2) is 0 Å². The minimum Gasteiger partial charge on any atom is -0.441 e. The summed E-state index contributed by atoms with van der Waals surface area (Å²) in [6.45, 7) is 1.96. The first-order chi connectivity index (χ1) is 11.7. The van der Waals surface area contributed by atoms with E-state index in [4.69, 9.17) is 4.42 Å². The number of hydrogen-bond acceptors (Lipinski definition) is 4. The predicted molar refractivity (Wildman–Crippen MR) is 91.7 cm³/mol. The number of carbonyl (C=O) groups excluding carboxylic acids is 1.